The smallest absolute Gasteiger partial charge is 0.165 e. The molecule has 1 aliphatic carbocycles. The Morgan fingerprint density at radius 2 is 1.81 bits per heavy atom. The molecule has 1 aromatic carbocycles. The zero-order chi connectivity index (χ0) is 15.6. The SMILES string of the molecule is COc1ccc(C(Cl)C2CCC(C(C)(C)C)CC2)cc1F. The first-order valence-electron chi connectivity index (χ1n) is 7.80. The molecule has 3 heteroatoms. The molecule has 0 N–H and O–H groups in total. The number of rotatable bonds is 3. The molecule has 2 rings (SSSR count). The van der Waals surface area contributed by atoms with E-state index in [0.717, 1.165) is 24.3 Å². The molecule has 1 aromatic rings. The van der Waals surface area contributed by atoms with Gasteiger partial charge in [0.05, 0.1) is 12.5 Å². The van der Waals surface area contributed by atoms with E-state index in [4.69, 9.17) is 16.3 Å². The lowest BCUT2D eigenvalue weighted by molar-refractivity contribution is 0.148. The lowest BCUT2D eigenvalue weighted by Crippen LogP contribution is -2.27. The highest BCUT2D eigenvalue weighted by Gasteiger charge is 2.32. The third-order valence-corrected chi connectivity index (χ3v) is 5.51. The van der Waals surface area contributed by atoms with Crippen LogP contribution in [0, 0.1) is 23.1 Å². The first kappa shape index (κ1) is 16.6. The first-order chi connectivity index (χ1) is 9.82. The summed E-state index contributed by atoms with van der Waals surface area (Å²) in [5.74, 6) is 1.16. The number of halogens is 2. The third kappa shape index (κ3) is 3.91. The fraction of sp³-hybridized carbons (Fsp3) is 0.667. The van der Waals surface area contributed by atoms with Gasteiger partial charge in [0.1, 0.15) is 0 Å². The van der Waals surface area contributed by atoms with Crippen LogP contribution in [0.25, 0.3) is 0 Å². The second-order valence-electron chi connectivity index (χ2n) is 7.27. The Hall–Kier alpha value is -0.760. The van der Waals surface area contributed by atoms with Crippen molar-refractivity contribution < 1.29 is 9.13 Å². The van der Waals surface area contributed by atoms with Crippen LogP contribution in [-0.2, 0) is 0 Å². The van der Waals surface area contributed by atoms with Crippen molar-refractivity contribution >= 4 is 11.6 Å². The monoisotopic (exact) mass is 312 g/mol. The number of methoxy groups -OCH3 is 1. The molecule has 0 radical (unpaired) electrons. The summed E-state index contributed by atoms with van der Waals surface area (Å²) < 4.78 is 18.8. The molecule has 1 fully saturated rings. The highest BCUT2D eigenvalue weighted by atomic mass is 35.5. The van der Waals surface area contributed by atoms with E-state index in [2.05, 4.69) is 20.8 Å². The quantitative estimate of drug-likeness (QED) is 0.625. The summed E-state index contributed by atoms with van der Waals surface area (Å²) >= 11 is 6.61. The van der Waals surface area contributed by atoms with Crippen molar-refractivity contribution in [3.05, 3.63) is 29.6 Å². The van der Waals surface area contributed by atoms with Crippen molar-refractivity contribution in [2.45, 2.75) is 51.8 Å². The Kier molecular flexibility index (Phi) is 5.19. The van der Waals surface area contributed by atoms with Crippen LogP contribution in [0.2, 0.25) is 0 Å². The maximum absolute atomic E-state index is 13.8. The van der Waals surface area contributed by atoms with Crippen LogP contribution in [0.1, 0.15) is 57.4 Å². The Bertz CT molecular complexity index is 473. The van der Waals surface area contributed by atoms with Gasteiger partial charge in [-0.25, -0.2) is 4.39 Å². The first-order valence-corrected chi connectivity index (χ1v) is 8.24. The molecule has 1 aliphatic rings. The predicted octanol–water partition coefficient (Wildman–Crippen LogP) is 5.97. The number of hydrogen-bond donors (Lipinski definition) is 0. The molecule has 0 spiro atoms. The van der Waals surface area contributed by atoms with Crippen LogP contribution in [-0.4, -0.2) is 7.11 Å². The van der Waals surface area contributed by atoms with E-state index >= 15 is 0 Å². The summed E-state index contributed by atoms with van der Waals surface area (Å²) in [7, 11) is 1.48. The summed E-state index contributed by atoms with van der Waals surface area (Å²) in [6.07, 6.45) is 4.69. The minimum Gasteiger partial charge on any atom is -0.494 e. The molecule has 0 saturated heterocycles. The molecule has 0 aromatic heterocycles. The standard InChI is InChI=1S/C18H26ClFO/c1-18(2,3)14-8-5-12(6-9-14)17(19)13-7-10-16(21-4)15(20)11-13/h7,10-12,14,17H,5-6,8-9H2,1-4H3. The zero-order valence-corrected chi connectivity index (χ0v) is 14.2. The van der Waals surface area contributed by atoms with E-state index in [1.807, 2.05) is 6.07 Å². The fourth-order valence-electron chi connectivity index (χ4n) is 3.40. The third-order valence-electron chi connectivity index (χ3n) is 4.90. The summed E-state index contributed by atoms with van der Waals surface area (Å²) in [5, 5.41) is -0.105. The van der Waals surface area contributed by atoms with Crippen molar-refractivity contribution in [3.8, 4) is 5.75 Å². The zero-order valence-electron chi connectivity index (χ0n) is 13.5. The molecule has 0 amide bonds. The minimum absolute atomic E-state index is 0.105. The Labute approximate surface area is 132 Å². The van der Waals surface area contributed by atoms with Crippen LogP contribution in [0.4, 0.5) is 4.39 Å². The maximum Gasteiger partial charge on any atom is 0.165 e. The molecule has 1 saturated carbocycles. The highest BCUT2D eigenvalue weighted by Crippen LogP contribution is 2.45. The summed E-state index contributed by atoms with van der Waals surface area (Å²) in [5.41, 5.74) is 1.24. The van der Waals surface area contributed by atoms with E-state index < -0.39 is 0 Å². The van der Waals surface area contributed by atoms with Crippen molar-refractivity contribution in [3.63, 3.8) is 0 Å². The summed E-state index contributed by atoms with van der Waals surface area (Å²) in [6, 6.07) is 5.07. The van der Waals surface area contributed by atoms with Crippen LogP contribution < -0.4 is 4.74 Å². The highest BCUT2D eigenvalue weighted by molar-refractivity contribution is 6.21. The van der Waals surface area contributed by atoms with E-state index in [-0.39, 0.29) is 16.9 Å². The molecule has 0 heterocycles. The molecule has 1 unspecified atom stereocenters. The average molecular weight is 313 g/mol. The Morgan fingerprint density at radius 3 is 2.29 bits per heavy atom. The van der Waals surface area contributed by atoms with E-state index in [0.29, 0.717) is 11.3 Å². The van der Waals surface area contributed by atoms with Crippen LogP contribution in [0.15, 0.2) is 18.2 Å². The number of hydrogen-bond acceptors (Lipinski definition) is 1. The Morgan fingerprint density at radius 1 is 1.19 bits per heavy atom. The van der Waals surface area contributed by atoms with Crippen molar-refractivity contribution in [1.29, 1.82) is 0 Å². The number of alkyl halides is 1. The molecule has 0 bridgehead atoms. The van der Waals surface area contributed by atoms with E-state index in [9.17, 15) is 4.39 Å². The molecule has 0 aliphatic heterocycles. The van der Waals surface area contributed by atoms with Gasteiger partial charge in [-0.2, -0.15) is 0 Å². The topological polar surface area (TPSA) is 9.23 Å². The molecule has 1 atom stereocenters. The van der Waals surface area contributed by atoms with Crippen LogP contribution in [0.5, 0.6) is 5.75 Å². The normalized spacial score (nSPS) is 24.7. The molecule has 1 nitrogen and oxygen atoms in total. The van der Waals surface area contributed by atoms with Gasteiger partial charge in [-0.15, -0.1) is 11.6 Å². The predicted molar refractivity (Wildman–Crippen MR) is 86.4 cm³/mol. The van der Waals surface area contributed by atoms with E-state index in [1.165, 1.54) is 26.0 Å². The van der Waals surface area contributed by atoms with Gasteiger partial charge < -0.3 is 4.74 Å². The molecule has 21 heavy (non-hydrogen) atoms. The average Bonchev–Trinajstić information content (AvgIpc) is 2.45. The largest absolute Gasteiger partial charge is 0.494 e. The van der Waals surface area contributed by atoms with Crippen molar-refractivity contribution in [2.24, 2.45) is 17.3 Å². The maximum atomic E-state index is 13.8. The molecular formula is C18H26ClFO. The van der Waals surface area contributed by atoms with Gasteiger partial charge in [0.25, 0.3) is 0 Å². The second kappa shape index (κ2) is 6.56. The van der Waals surface area contributed by atoms with Gasteiger partial charge in [-0.1, -0.05) is 26.8 Å². The number of ether oxygens (including phenoxy) is 1. The fourth-order valence-corrected chi connectivity index (χ4v) is 3.79. The van der Waals surface area contributed by atoms with Gasteiger partial charge in [0, 0.05) is 0 Å². The van der Waals surface area contributed by atoms with Crippen molar-refractivity contribution in [2.75, 3.05) is 7.11 Å². The Balaban J connectivity index is 2.02. The van der Waals surface area contributed by atoms with Gasteiger partial charge >= 0.3 is 0 Å². The van der Waals surface area contributed by atoms with Crippen molar-refractivity contribution in [1.82, 2.24) is 0 Å². The van der Waals surface area contributed by atoms with Gasteiger partial charge in [-0.05, 0) is 60.6 Å². The van der Waals surface area contributed by atoms with Gasteiger partial charge in [0.2, 0.25) is 0 Å². The summed E-state index contributed by atoms with van der Waals surface area (Å²) in [6.45, 7) is 6.94. The van der Waals surface area contributed by atoms with Crippen LogP contribution in [0.3, 0.4) is 0 Å². The lowest BCUT2D eigenvalue weighted by atomic mass is 9.69. The second-order valence-corrected chi connectivity index (χ2v) is 7.74. The molecular weight excluding hydrogens is 287 g/mol. The van der Waals surface area contributed by atoms with Crippen LogP contribution >= 0.6 is 11.6 Å². The minimum atomic E-state index is -0.330. The molecule has 118 valence electrons. The summed E-state index contributed by atoms with van der Waals surface area (Å²) in [4.78, 5) is 0. The van der Waals surface area contributed by atoms with Gasteiger partial charge in [0.15, 0.2) is 11.6 Å². The van der Waals surface area contributed by atoms with E-state index in [1.54, 1.807) is 6.07 Å². The lowest BCUT2D eigenvalue weighted by Gasteiger charge is -2.38. The van der Waals surface area contributed by atoms with Gasteiger partial charge in [-0.3, -0.25) is 0 Å². The number of benzene rings is 1.